The highest BCUT2D eigenvalue weighted by Crippen LogP contribution is 2.37. The van der Waals surface area contributed by atoms with Gasteiger partial charge in [-0.1, -0.05) is 12.1 Å². The van der Waals surface area contributed by atoms with E-state index in [0.717, 1.165) is 30.6 Å². The summed E-state index contributed by atoms with van der Waals surface area (Å²) in [5.74, 6) is 1.37. The summed E-state index contributed by atoms with van der Waals surface area (Å²) in [4.78, 5) is 24.6. The smallest absolute Gasteiger partial charge is 0.254 e. The molecule has 3 aromatic rings. The van der Waals surface area contributed by atoms with Gasteiger partial charge in [0, 0.05) is 36.5 Å². The Labute approximate surface area is 235 Å². The lowest BCUT2D eigenvalue weighted by molar-refractivity contribution is 0.0717. The lowest BCUT2D eigenvalue weighted by Gasteiger charge is -2.22. The normalized spacial score (nSPS) is 17.0. The first-order valence-electron chi connectivity index (χ1n) is 13.6. The number of nitrogens with one attached hydrogen (secondary N) is 3. The molecule has 3 heterocycles. The Hall–Kier alpha value is -3.70. The Morgan fingerprint density at radius 1 is 1.10 bits per heavy atom. The molecule has 1 aromatic heterocycles. The molecule has 2 aliphatic rings. The third-order valence-electron chi connectivity index (χ3n) is 7.16. The Kier molecular flexibility index (Phi) is 7.70. The van der Waals surface area contributed by atoms with Crippen LogP contribution < -0.4 is 20.7 Å². The predicted octanol–water partition coefficient (Wildman–Crippen LogP) is 4.56. The van der Waals surface area contributed by atoms with Crippen molar-refractivity contribution in [2.75, 3.05) is 23.7 Å². The molecule has 10 nitrogen and oxygen atoms in total. The van der Waals surface area contributed by atoms with Gasteiger partial charge in [-0.15, -0.1) is 0 Å². The summed E-state index contributed by atoms with van der Waals surface area (Å²) in [6.07, 6.45) is 2.52. The van der Waals surface area contributed by atoms with Crippen molar-refractivity contribution < 1.29 is 17.9 Å². The van der Waals surface area contributed by atoms with Crippen LogP contribution in [0.25, 0.3) is 0 Å². The van der Waals surface area contributed by atoms with Gasteiger partial charge in [-0.3, -0.25) is 4.79 Å². The summed E-state index contributed by atoms with van der Waals surface area (Å²) >= 11 is 0. The van der Waals surface area contributed by atoms with Gasteiger partial charge < -0.3 is 25.6 Å². The van der Waals surface area contributed by atoms with Crippen molar-refractivity contribution in [2.24, 2.45) is 0 Å². The van der Waals surface area contributed by atoms with Crippen LogP contribution in [0.3, 0.4) is 0 Å². The molecule has 0 radical (unpaired) electrons. The van der Waals surface area contributed by atoms with Crippen LogP contribution in [0.4, 0.5) is 23.1 Å². The van der Waals surface area contributed by atoms with Gasteiger partial charge in [0.2, 0.25) is 5.95 Å². The first-order chi connectivity index (χ1) is 19.0. The highest BCUT2D eigenvalue weighted by atomic mass is 32.2. The number of para-hydroxylation sites is 1. The number of amides is 1. The maximum Gasteiger partial charge on any atom is 0.254 e. The van der Waals surface area contributed by atoms with Crippen LogP contribution in [0.1, 0.15) is 55.6 Å². The standard InChI is InChI=1S/C29H36N6O4S/c1-17(2)39-25-12-20-16-35(21-10-11-30-15-21)28(36)22(20)13-24(25)33-29-31-14-19(5)27(34-29)32-23-8-6-7-9-26(23)40(37,38)18(3)4/h6-9,12-14,17-18,21,30H,10-11,15-16H2,1-5H3,(H2,31,32,33,34). The van der Waals surface area contributed by atoms with E-state index < -0.39 is 15.1 Å². The molecular weight excluding hydrogens is 528 g/mol. The van der Waals surface area contributed by atoms with E-state index in [1.165, 1.54) is 0 Å². The highest BCUT2D eigenvalue weighted by Gasteiger charge is 2.35. The number of nitrogens with zero attached hydrogens (tertiary/aromatic N) is 3. The number of aryl methyl sites for hydroxylation is 1. The summed E-state index contributed by atoms with van der Waals surface area (Å²) in [5.41, 5.74) is 3.35. The number of anilines is 4. The SMILES string of the molecule is Cc1cnc(Nc2cc3c(cc2OC(C)C)CN(C2CCNC2)C3=O)nc1Nc1ccccc1S(=O)(=O)C(C)C. The zero-order chi connectivity index (χ0) is 28.6. The van der Waals surface area contributed by atoms with E-state index in [4.69, 9.17) is 4.74 Å². The fourth-order valence-corrected chi connectivity index (χ4v) is 6.16. The summed E-state index contributed by atoms with van der Waals surface area (Å²) in [6, 6.07) is 10.7. The van der Waals surface area contributed by atoms with E-state index >= 15 is 0 Å². The molecule has 0 spiro atoms. The number of hydrogen-bond acceptors (Lipinski definition) is 9. The minimum Gasteiger partial charge on any atom is -0.489 e. The topological polar surface area (TPSA) is 126 Å². The zero-order valence-corrected chi connectivity index (χ0v) is 24.3. The third kappa shape index (κ3) is 5.48. The van der Waals surface area contributed by atoms with Gasteiger partial charge in [0.15, 0.2) is 9.84 Å². The number of sulfone groups is 1. The van der Waals surface area contributed by atoms with Gasteiger partial charge in [0.1, 0.15) is 11.6 Å². The van der Waals surface area contributed by atoms with E-state index in [1.54, 1.807) is 44.3 Å². The van der Waals surface area contributed by atoms with Crippen LogP contribution >= 0.6 is 0 Å². The molecular formula is C29H36N6O4S. The third-order valence-corrected chi connectivity index (χ3v) is 9.37. The van der Waals surface area contributed by atoms with E-state index in [-0.39, 0.29) is 28.9 Å². The number of rotatable bonds is 9. The van der Waals surface area contributed by atoms with E-state index in [2.05, 4.69) is 25.9 Å². The largest absolute Gasteiger partial charge is 0.489 e. The second-order valence-electron chi connectivity index (χ2n) is 10.8. The molecule has 212 valence electrons. The fourth-order valence-electron chi connectivity index (χ4n) is 4.96. The van der Waals surface area contributed by atoms with Gasteiger partial charge >= 0.3 is 0 Å². The highest BCUT2D eigenvalue weighted by molar-refractivity contribution is 7.92. The van der Waals surface area contributed by atoms with Crippen molar-refractivity contribution in [1.82, 2.24) is 20.2 Å². The number of ether oxygens (including phenoxy) is 1. The van der Waals surface area contributed by atoms with Gasteiger partial charge in [-0.2, -0.15) is 4.98 Å². The van der Waals surface area contributed by atoms with Gasteiger partial charge in [0.05, 0.1) is 27.6 Å². The molecule has 11 heteroatoms. The summed E-state index contributed by atoms with van der Waals surface area (Å²) in [5, 5.41) is 9.20. The van der Waals surface area contributed by atoms with Crippen LogP contribution in [-0.4, -0.2) is 59.7 Å². The number of carbonyl (C=O) groups excluding carboxylic acids is 1. The monoisotopic (exact) mass is 564 g/mol. The average Bonchev–Trinajstić information content (AvgIpc) is 3.54. The summed E-state index contributed by atoms with van der Waals surface area (Å²) < 4.78 is 32.0. The van der Waals surface area contributed by atoms with Crippen LogP contribution in [0.15, 0.2) is 47.5 Å². The second kappa shape index (κ2) is 11.1. The maximum atomic E-state index is 13.3. The van der Waals surface area contributed by atoms with Crippen molar-refractivity contribution in [3.8, 4) is 5.75 Å². The molecule has 1 atom stereocenters. The lowest BCUT2D eigenvalue weighted by Crippen LogP contribution is -2.36. The Morgan fingerprint density at radius 3 is 2.58 bits per heavy atom. The number of benzene rings is 2. The van der Waals surface area contributed by atoms with Crippen LogP contribution in [0, 0.1) is 6.92 Å². The van der Waals surface area contributed by atoms with Crippen molar-refractivity contribution in [2.45, 2.75) is 69.9 Å². The molecule has 1 unspecified atom stereocenters. The first kappa shape index (κ1) is 27.9. The van der Waals surface area contributed by atoms with Crippen LogP contribution in [0.5, 0.6) is 5.75 Å². The van der Waals surface area contributed by atoms with E-state index in [1.807, 2.05) is 37.8 Å². The second-order valence-corrected chi connectivity index (χ2v) is 13.3. The van der Waals surface area contributed by atoms with Crippen LogP contribution in [-0.2, 0) is 16.4 Å². The average molecular weight is 565 g/mol. The number of hydrogen-bond donors (Lipinski definition) is 3. The number of aromatic nitrogens is 2. The Morgan fingerprint density at radius 2 is 1.88 bits per heavy atom. The first-order valence-corrected chi connectivity index (χ1v) is 15.1. The van der Waals surface area contributed by atoms with Gasteiger partial charge in [-0.05, 0) is 77.4 Å². The molecule has 0 saturated carbocycles. The quantitative estimate of drug-likeness (QED) is 0.343. The van der Waals surface area contributed by atoms with Crippen molar-refractivity contribution >= 4 is 38.9 Å². The van der Waals surface area contributed by atoms with Gasteiger partial charge in [0.25, 0.3) is 5.91 Å². The molecule has 0 aliphatic carbocycles. The zero-order valence-electron chi connectivity index (χ0n) is 23.5. The number of fused-ring (bicyclic) bond motifs is 1. The maximum absolute atomic E-state index is 13.3. The molecule has 3 N–H and O–H groups in total. The molecule has 1 amide bonds. The van der Waals surface area contributed by atoms with Crippen molar-refractivity contribution in [3.63, 3.8) is 0 Å². The minimum absolute atomic E-state index is 0.0120. The molecule has 2 aliphatic heterocycles. The Balaban J connectivity index is 1.46. The fraction of sp³-hybridized carbons (Fsp3) is 0.414. The Bertz CT molecular complexity index is 1530. The minimum atomic E-state index is -3.52. The van der Waals surface area contributed by atoms with E-state index in [9.17, 15) is 13.2 Å². The molecule has 0 bridgehead atoms. The molecule has 40 heavy (non-hydrogen) atoms. The van der Waals surface area contributed by atoms with Crippen LogP contribution in [0.2, 0.25) is 0 Å². The number of carbonyl (C=O) groups is 1. The molecule has 2 aromatic carbocycles. The van der Waals surface area contributed by atoms with Crippen molar-refractivity contribution in [1.29, 1.82) is 0 Å². The molecule has 1 fully saturated rings. The lowest BCUT2D eigenvalue weighted by atomic mass is 10.1. The summed E-state index contributed by atoms with van der Waals surface area (Å²) in [6.45, 7) is 11.3. The van der Waals surface area contributed by atoms with Crippen molar-refractivity contribution in [3.05, 3.63) is 59.3 Å². The van der Waals surface area contributed by atoms with E-state index in [0.29, 0.717) is 35.1 Å². The summed E-state index contributed by atoms with van der Waals surface area (Å²) in [7, 11) is -3.52. The predicted molar refractivity (Wildman–Crippen MR) is 155 cm³/mol. The molecule has 5 rings (SSSR count). The molecule has 1 saturated heterocycles. The van der Waals surface area contributed by atoms with Gasteiger partial charge in [-0.25, -0.2) is 13.4 Å².